The van der Waals surface area contributed by atoms with Crippen molar-refractivity contribution in [3.63, 3.8) is 0 Å². The molecule has 5 heteroatoms. The van der Waals surface area contributed by atoms with Crippen LogP contribution in [0.1, 0.15) is 24.2 Å². The number of ether oxygens (including phenoxy) is 2. The zero-order valence-corrected chi connectivity index (χ0v) is 9.97. The van der Waals surface area contributed by atoms with E-state index in [1.54, 1.807) is 13.8 Å². The first-order valence-electron chi connectivity index (χ1n) is 4.69. The summed E-state index contributed by atoms with van der Waals surface area (Å²) in [6.07, 6.45) is -0.175. The van der Waals surface area contributed by atoms with Crippen LogP contribution in [0.3, 0.4) is 0 Å². The van der Waals surface area contributed by atoms with E-state index in [2.05, 4.69) is 4.74 Å². The largest absolute Gasteiger partial charge is 0.489 e. The normalized spacial score (nSPS) is 10.4. The van der Waals surface area contributed by atoms with Gasteiger partial charge in [0.25, 0.3) is 0 Å². The number of halogens is 2. The summed E-state index contributed by atoms with van der Waals surface area (Å²) in [6.45, 7) is 3.56. The summed E-state index contributed by atoms with van der Waals surface area (Å²) in [7, 11) is 1.21. The maximum Gasteiger partial charge on any atom is 0.341 e. The quantitative estimate of drug-likeness (QED) is 0.769. The first kappa shape index (κ1) is 12.8. The molecule has 0 aliphatic carbocycles. The Hall–Kier alpha value is -1.29. The molecule has 0 bridgehead atoms. The molecule has 0 saturated carbocycles. The fraction of sp³-hybridized carbons (Fsp3) is 0.364. The van der Waals surface area contributed by atoms with Gasteiger partial charge in [0, 0.05) is 0 Å². The van der Waals surface area contributed by atoms with Gasteiger partial charge in [0.05, 0.1) is 18.2 Å². The molecule has 0 atom stereocenters. The highest BCUT2D eigenvalue weighted by Crippen LogP contribution is 2.31. The van der Waals surface area contributed by atoms with Crippen LogP contribution in [0.2, 0.25) is 5.02 Å². The number of carbonyl (C=O) groups is 1. The second kappa shape index (κ2) is 5.16. The Kier molecular flexibility index (Phi) is 4.12. The summed E-state index contributed by atoms with van der Waals surface area (Å²) in [5, 5.41) is 0.0501. The molecule has 0 heterocycles. The highest BCUT2D eigenvalue weighted by atomic mass is 35.5. The molecule has 88 valence electrons. The van der Waals surface area contributed by atoms with Crippen molar-refractivity contribution in [3.05, 3.63) is 28.5 Å². The summed E-state index contributed by atoms with van der Waals surface area (Å²) in [4.78, 5) is 11.4. The number of rotatable bonds is 3. The topological polar surface area (TPSA) is 35.5 Å². The average molecular weight is 247 g/mol. The Balaban J connectivity index is 3.26. The molecular formula is C11H12ClFO3. The molecule has 0 aliphatic rings. The first-order valence-corrected chi connectivity index (χ1v) is 5.07. The van der Waals surface area contributed by atoms with E-state index in [9.17, 15) is 9.18 Å². The summed E-state index contributed by atoms with van der Waals surface area (Å²) >= 11 is 5.81. The summed E-state index contributed by atoms with van der Waals surface area (Å²) in [5.41, 5.74) is -0.0128. The van der Waals surface area contributed by atoms with Gasteiger partial charge in [-0.3, -0.25) is 0 Å². The summed E-state index contributed by atoms with van der Waals surface area (Å²) in [5.74, 6) is -1.15. The van der Waals surface area contributed by atoms with Crippen LogP contribution in [0.15, 0.2) is 12.1 Å². The number of carbonyl (C=O) groups excluding carboxylic acids is 1. The van der Waals surface area contributed by atoms with Gasteiger partial charge in [-0.25, -0.2) is 9.18 Å². The molecule has 0 radical (unpaired) electrons. The van der Waals surface area contributed by atoms with Crippen LogP contribution in [0.25, 0.3) is 0 Å². The maximum absolute atomic E-state index is 13.1. The summed E-state index contributed by atoms with van der Waals surface area (Å²) in [6, 6.07) is 2.13. The van der Waals surface area contributed by atoms with Crippen LogP contribution in [0.5, 0.6) is 5.75 Å². The van der Waals surface area contributed by atoms with Gasteiger partial charge >= 0.3 is 5.97 Å². The molecule has 0 saturated heterocycles. The number of hydrogen-bond donors (Lipinski definition) is 0. The van der Waals surface area contributed by atoms with E-state index in [1.165, 1.54) is 7.11 Å². The Morgan fingerprint density at radius 1 is 1.44 bits per heavy atom. The van der Waals surface area contributed by atoms with E-state index < -0.39 is 11.8 Å². The van der Waals surface area contributed by atoms with Crippen LogP contribution in [-0.4, -0.2) is 19.2 Å². The molecule has 0 spiro atoms. The van der Waals surface area contributed by atoms with Crippen molar-refractivity contribution in [2.24, 2.45) is 0 Å². The average Bonchev–Trinajstić information content (AvgIpc) is 2.20. The second-order valence-corrected chi connectivity index (χ2v) is 3.83. The molecule has 1 aromatic rings. The van der Waals surface area contributed by atoms with Gasteiger partial charge in [-0.05, 0) is 26.0 Å². The molecule has 0 fully saturated rings. The number of esters is 1. The third-order valence-electron chi connectivity index (χ3n) is 1.77. The van der Waals surface area contributed by atoms with Gasteiger partial charge in [0.2, 0.25) is 0 Å². The number of hydrogen-bond acceptors (Lipinski definition) is 3. The lowest BCUT2D eigenvalue weighted by Crippen LogP contribution is -2.12. The Morgan fingerprint density at radius 2 is 2.06 bits per heavy atom. The standard InChI is InChI=1S/C11H12ClFO3/c1-6(2)16-10-8(11(14)15-3)4-7(13)5-9(10)12/h4-6H,1-3H3. The molecule has 0 unspecified atom stereocenters. The zero-order valence-electron chi connectivity index (χ0n) is 9.21. The molecule has 0 amide bonds. The summed E-state index contributed by atoms with van der Waals surface area (Å²) < 4.78 is 23.0. The molecule has 0 N–H and O–H groups in total. The fourth-order valence-corrected chi connectivity index (χ4v) is 1.43. The SMILES string of the molecule is COC(=O)c1cc(F)cc(Cl)c1OC(C)C. The predicted octanol–water partition coefficient (Wildman–Crippen LogP) is 3.05. The van der Waals surface area contributed by atoms with Gasteiger partial charge < -0.3 is 9.47 Å². The Labute approximate surface area is 98.1 Å². The van der Waals surface area contributed by atoms with Crippen LogP contribution in [0.4, 0.5) is 4.39 Å². The Morgan fingerprint density at radius 3 is 2.56 bits per heavy atom. The van der Waals surface area contributed by atoms with E-state index in [0.29, 0.717) is 0 Å². The van der Waals surface area contributed by atoms with Gasteiger partial charge in [-0.2, -0.15) is 0 Å². The van der Waals surface area contributed by atoms with Gasteiger partial charge in [-0.15, -0.1) is 0 Å². The van der Waals surface area contributed by atoms with E-state index in [-0.39, 0.29) is 22.4 Å². The molecule has 1 aromatic carbocycles. The van der Waals surface area contributed by atoms with E-state index >= 15 is 0 Å². The second-order valence-electron chi connectivity index (χ2n) is 3.42. The fourth-order valence-electron chi connectivity index (χ4n) is 1.18. The number of benzene rings is 1. The smallest absolute Gasteiger partial charge is 0.341 e. The third-order valence-corrected chi connectivity index (χ3v) is 2.05. The Bertz CT molecular complexity index is 404. The molecule has 0 aromatic heterocycles. The lowest BCUT2D eigenvalue weighted by Gasteiger charge is -2.14. The van der Waals surface area contributed by atoms with Gasteiger partial charge in [0.1, 0.15) is 11.4 Å². The lowest BCUT2D eigenvalue weighted by molar-refractivity contribution is 0.0593. The lowest BCUT2D eigenvalue weighted by atomic mass is 10.2. The van der Waals surface area contributed by atoms with E-state index in [4.69, 9.17) is 16.3 Å². The van der Waals surface area contributed by atoms with Crippen molar-refractivity contribution >= 4 is 17.6 Å². The minimum Gasteiger partial charge on any atom is -0.489 e. The zero-order chi connectivity index (χ0) is 12.3. The monoisotopic (exact) mass is 246 g/mol. The highest BCUT2D eigenvalue weighted by Gasteiger charge is 2.19. The molecule has 3 nitrogen and oxygen atoms in total. The van der Waals surface area contributed by atoms with Crippen molar-refractivity contribution in [2.45, 2.75) is 20.0 Å². The van der Waals surface area contributed by atoms with Crippen LogP contribution in [-0.2, 0) is 4.74 Å². The van der Waals surface area contributed by atoms with Crippen LogP contribution in [0, 0.1) is 5.82 Å². The molecule has 1 rings (SSSR count). The predicted molar refractivity (Wildman–Crippen MR) is 58.5 cm³/mol. The van der Waals surface area contributed by atoms with Crippen molar-refractivity contribution in [1.82, 2.24) is 0 Å². The molecule has 16 heavy (non-hydrogen) atoms. The van der Waals surface area contributed by atoms with Crippen molar-refractivity contribution in [3.8, 4) is 5.75 Å². The van der Waals surface area contributed by atoms with Crippen LogP contribution < -0.4 is 4.74 Å². The minimum atomic E-state index is -0.683. The van der Waals surface area contributed by atoms with E-state index in [1.807, 2.05) is 0 Å². The van der Waals surface area contributed by atoms with Crippen molar-refractivity contribution in [2.75, 3.05) is 7.11 Å². The van der Waals surface area contributed by atoms with Crippen molar-refractivity contribution in [1.29, 1.82) is 0 Å². The van der Waals surface area contributed by atoms with Crippen LogP contribution >= 0.6 is 11.6 Å². The third kappa shape index (κ3) is 2.85. The maximum atomic E-state index is 13.1. The first-order chi connectivity index (χ1) is 7.45. The molecular weight excluding hydrogens is 235 g/mol. The molecule has 0 aliphatic heterocycles. The van der Waals surface area contributed by atoms with Gasteiger partial charge in [-0.1, -0.05) is 11.6 Å². The van der Waals surface area contributed by atoms with E-state index in [0.717, 1.165) is 12.1 Å². The van der Waals surface area contributed by atoms with Crippen molar-refractivity contribution < 1.29 is 18.7 Å². The minimum absolute atomic E-state index is 0.0128. The van der Waals surface area contributed by atoms with Gasteiger partial charge in [0.15, 0.2) is 5.75 Å². The number of methoxy groups -OCH3 is 1. The highest BCUT2D eigenvalue weighted by molar-refractivity contribution is 6.32.